The summed E-state index contributed by atoms with van der Waals surface area (Å²) in [6, 6.07) is 5.08. The van der Waals surface area contributed by atoms with Gasteiger partial charge in [-0.15, -0.1) is 0 Å². The third-order valence-corrected chi connectivity index (χ3v) is 4.43. The number of hydrogen-bond donors (Lipinski definition) is 1. The van der Waals surface area contributed by atoms with Crippen molar-refractivity contribution in [3.63, 3.8) is 0 Å². The third kappa shape index (κ3) is 4.35. The van der Waals surface area contributed by atoms with Crippen molar-refractivity contribution in [2.45, 2.75) is 38.6 Å². The molecule has 4 nitrogen and oxygen atoms in total. The number of anilines is 1. The minimum absolute atomic E-state index is 0.0637. The molecule has 2 rings (SSSR count). The molecule has 0 saturated heterocycles. The van der Waals surface area contributed by atoms with Crippen LogP contribution in [0.4, 0.5) is 5.69 Å². The Morgan fingerprint density at radius 2 is 1.90 bits per heavy atom. The van der Waals surface area contributed by atoms with Gasteiger partial charge in [-0.2, -0.15) is 0 Å². The molecule has 1 aromatic rings. The van der Waals surface area contributed by atoms with E-state index in [0.29, 0.717) is 15.7 Å². The molecule has 1 aliphatic rings. The molecule has 1 N–H and O–H groups in total. The van der Waals surface area contributed by atoms with Crippen LogP contribution in [-0.2, 0) is 9.59 Å². The molecule has 6 heteroatoms. The Bertz CT molecular complexity index is 542. The average Bonchev–Trinajstić information content (AvgIpc) is 2.93. The van der Waals surface area contributed by atoms with Gasteiger partial charge in [0.15, 0.2) is 0 Å². The first-order chi connectivity index (χ1) is 9.97. The molecule has 0 bridgehead atoms. The van der Waals surface area contributed by atoms with Crippen molar-refractivity contribution < 1.29 is 9.59 Å². The molecule has 21 heavy (non-hydrogen) atoms. The molecule has 0 heterocycles. The molecule has 0 aromatic heterocycles. The van der Waals surface area contributed by atoms with Gasteiger partial charge in [-0.25, -0.2) is 0 Å². The SMILES string of the molecule is CC(=O)N(CC(=O)Nc1ccc(Cl)c(Cl)c1)C1CCCC1. The molecule has 1 aromatic carbocycles. The number of nitrogens with zero attached hydrogens (tertiary/aromatic N) is 1. The second-order valence-corrected chi connectivity index (χ2v) is 6.08. The van der Waals surface area contributed by atoms with Gasteiger partial charge in [-0.3, -0.25) is 9.59 Å². The molecule has 1 fully saturated rings. The number of carbonyl (C=O) groups is 2. The number of benzene rings is 1. The second kappa shape index (κ2) is 7.14. The lowest BCUT2D eigenvalue weighted by atomic mass is 10.2. The lowest BCUT2D eigenvalue weighted by molar-refractivity contribution is -0.135. The smallest absolute Gasteiger partial charge is 0.244 e. The number of hydrogen-bond acceptors (Lipinski definition) is 2. The number of carbonyl (C=O) groups excluding carboxylic acids is 2. The maximum Gasteiger partial charge on any atom is 0.244 e. The Labute approximate surface area is 134 Å². The van der Waals surface area contributed by atoms with Gasteiger partial charge < -0.3 is 10.2 Å². The normalized spacial score (nSPS) is 15.0. The van der Waals surface area contributed by atoms with Crippen LogP contribution in [0.3, 0.4) is 0 Å². The number of halogens is 2. The Morgan fingerprint density at radius 1 is 1.24 bits per heavy atom. The van der Waals surface area contributed by atoms with E-state index in [1.807, 2.05) is 0 Å². The van der Waals surface area contributed by atoms with Crippen molar-refractivity contribution >= 4 is 40.7 Å². The van der Waals surface area contributed by atoms with Crippen molar-refractivity contribution in [1.29, 1.82) is 0 Å². The van der Waals surface area contributed by atoms with E-state index in [1.54, 1.807) is 23.1 Å². The van der Waals surface area contributed by atoms with E-state index in [1.165, 1.54) is 6.92 Å². The highest BCUT2D eigenvalue weighted by atomic mass is 35.5. The van der Waals surface area contributed by atoms with Gasteiger partial charge in [-0.05, 0) is 31.0 Å². The molecule has 0 spiro atoms. The molecular formula is C15H18Cl2N2O2. The molecule has 0 unspecified atom stereocenters. The summed E-state index contributed by atoms with van der Waals surface area (Å²) in [7, 11) is 0. The van der Waals surface area contributed by atoms with Crippen molar-refractivity contribution in [3.8, 4) is 0 Å². The van der Waals surface area contributed by atoms with Crippen LogP contribution in [0.5, 0.6) is 0 Å². The molecular weight excluding hydrogens is 311 g/mol. The van der Waals surface area contributed by atoms with E-state index in [2.05, 4.69) is 5.32 Å². The maximum absolute atomic E-state index is 12.1. The van der Waals surface area contributed by atoms with Gasteiger partial charge in [0.1, 0.15) is 6.54 Å². The fourth-order valence-corrected chi connectivity index (χ4v) is 2.94. The third-order valence-electron chi connectivity index (χ3n) is 3.69. The van der Waals surface area contributed by atoms with Crippen molar-refractivity contribution in [2.24, 2.45) is 0 Å². The van der Waals surface area contributed by atoms with Crippen LogP contribution in [0, 0.1) is 0 Å². The minimum atomic E-state index is -0.226. The summed E-state index contributed by atoms with van der Waals surface area (Å²) < 4.78 is 0. The van der Waals surface area contributed by atoms with Crippen molar-refractivity contribution in [2.75, 3.05) is 11.9 Å². The Balaban J connectivity index is 1.98. The van der Waals surface area contributed by atoms with Crippen molar-refractivity contribution in [3.05, 3.63) is 28.2 Å². The summed E-state index contributed by atoms with van der Waals surface area (Å²) in [5.74, 6) is -0.290. The van der Waals surface area contributed by atoms with Crippen LogP contribution in [0.25, 0.3) is 0 Å². The second-order valence-electron chi connectivity index (χ2n) is 5.26. The quantitative estimate of drug-likeness (QED) is 0.915. The fraction of sp³-hybridized carbons (Fsp3) is 0.467. The van der Waals surface area contributed by atoms with E-state index in [9.17, 15) is 9.59 Å². The van der Waals surface area contributed by atoms with Gasteiger partial charge in [0, 0.05) is 18.7 Å². The summed E-state index contributed by atoms with van der Waals surface area (Å²) in [6.07, 6.45) is 4.17. The monoisotopic (exact) mass is 328 g/mol. The summed E-state index contributed by atoms with van der Waals surface area (Å²) in [6.45, 7) is 1.57. The summed E-state index contributed by atoms with van der Waals surface area (Å²) in [4.78, 5) is 25.5. The van der Waals surface area contributed by atoms with E-state index in [4.69, 9.17) is 23.2 Å². The van der Waals surface area contributed by atoms with Gasteiger partial charge in [0.25, 0.3) is 0 Å². The van der Waals surface area contributed by atoms with Crippen molar-refractivity contribution in [1.82, 2.24) is 4.90 Å². The fourth-order valence-electron chi connectivity index (χ4n) is 2.64. The summed E-state index contributed by atoms with van der Waals surface area (Å²) in [5, 5.41) is 3.56. The molecule has 0 radical (unpaired) electrons. The molecule has 114 valence electrons. The Hall–Kier alpha value is -1.26. The van der Waals surface area contributed by atoms with E-state index in [-0.39, 0.29) is 24.4 Å². The Kier molecular flexibility index (Phi) is 5.48. The van der Waals surface area contributed by atoms with Gasteiger partial charge >= 0.3 is 0 Å². The topological polar surface area (TPSA) is 49.4 Å². The standard InChI is InChI=1S/C15H18Cl2N2O2/c1-10(20)19(12-4-2-3-5-12)9-15(21)18-11-6-7-13(16)14(17)8-11/h6-8,12H,2-5,9H2,1H3,(H,18,21). The molecule has 0 atom stereocenters. The minimum Gasteiger partial charge on any atom is -0.331 e. The van der Waals surface area contributed by atoms with Crippen LogP contribution < -0.4 is 5.32 Å². The predicted molar refractivity (Wildman–Crippen MR) is 84.7 cm³/mol. The highest BCUT2D eigenvalue weighted by molar-refractivity contribution is 6.42. The Morgan fingerprint density at radius 3 is 2.48 bits per heavy atom. The summed E-state index contributed by atoms with van der Waals surface area (Å²) in [5.41, 5.74) is 0.573. The number of nitrogens with one attached hydrogen (secondary N) is 1. The van der Waals surface area contributed by atoms with Gasteiger partial charge in [0.2, 0.25) is 11.8 Å². The van der Waals surface area contributed by atoms with Crippen LogP contribution >= 0.6 is 23.2 Å². The zero-order valence-electron chi connectivity index (χ0n) is 11.9. The lowest BCUT2D eigenvalue weighted by Gasteiger charge is -2.27. The van der Waals surface area contributed by atoms with E-state index in [0.717, 1.165) is 25.7 Å². The average molecular weight is 329 g/mol. The lowest BCUT2D eigenvalue weighted by Crippen LogP contribution is -2.42. The largest absolute Gasteiger partial charge is 0.331 e. The van der Waals surface area contributed by atoms with Crippen LogP contribution in [-0.4, -0.2) is 29.3 Å². The first-order valence-corrected chi connectivity index (χ1v) is 7.75. The highest BCUT2D eigenvalue weighted by Gasteiger charge is 2.26. The van der Waals surface area contributed by atoms with E-state index < -0.39 is 0 Å². The zero-order valence-corrected chi connectivity index (χ0v) is 13.4. The molecule has 2 amide bonds. The van der Waals surface area contributed by atoms with Gasteiger partial charge in [-0.1, -0.05) is 36.0 Å². The number of rotatable bonds is 4. The molecule has 1 saturated carbocycles. The molecule has 1 aliphatic carbocycles. The van der Waals surface area contributed by atoms with E-state index >= 15 is 0 Å². The highest BCUT2D eigenvalue weighted by Crippen LogP contribution is 2.26. The molecule has 0 aliphatic heterocycles. The summed E-state index contributed by atoms with van der Waals surface area (Å²) >= 11 is 11.7. The predicted octanol–water partition coefficient (Wildman–Crippen LogP) is 3.72. The zero-order chi connectivity index (χ0) is 15.4. The van der Waals surface area contributed by atoms with Crippen LogP contribution in [0.1, 0.15) is 32.6 Å². The first kappa shape index (κ1) is 16.1. The van der Waals surface area contributed by atoms with Gasteiger partial charge in [0.05, 0.1) is 10.0 Å². The first-order valence-electron chi connectivity index (χ1n) is 6.99. The van der Waals surface area contributed by atoms with Crippen LogP contribution in [0.15, 0.2) is 18.2 Å². The van der Waals surface area contributed by atoms with Crippen LogP contribution in [0.2, 0.25) is 10.0 Å². The number of amides is 2. The maximum atomic E-state index is 12.1.